The van der Waals surface area contributed by atoms with E-state index < -0.39 is 0 Å². The molecule has 176 valence electrons. The zero-order valence-electron chi connectivity index (χ0n) is 20.7. The predicted octanol–water partition coefficient (Wildman–Crippen LogP) is 8.62. The second-order valence-electron chi connectivity index (χ2n) is 9.11. The first-order valence-corrected chi connectivity index (χ1v) is 13.0. The van der Waals surface area contributed by atoms with Gasteiger partial charge in [0.25, 0.3) is 0 Å². The van der Waals surface area contributed by atoms with Crippen molar-refractivity contribution in [2.75, 3.05) is 6.61 Å². The molecule has 3 rings (SSSR count). The molecule has 0 aliphatic carbocycles. The van der Waals surface area contributed by atoms with Crippen molar-refractivity contribution >= 4 is 0 Å². The van der Waals surface area contributed by atoms with Crippen LogP contribution < -0.4 is 4.74 Å². The minimum Gasteiger partial charge on any atom is -0.494 e. The van der Waals surface area contributed by atoms with Crippen LogP contribution in [-0.4, -0.2) is 11.6 Å². The Morgan fingerprint density at radius 2 is 1.18 bits per heavy atom. The molecule has 0 saturated carbocycles. The molecule has 3 aromatic rings. The molecule has 0 fully saturated rings. The maximum atomic E-state index is 5.76. The molecule has 0 radical (unpaired) electrons. The highest BCUT2D eigenvalue weighted by Gasteiger charge is 2.03. The molecule has 0 atom stereocenters. The summed E-state index contributed by atoms with van der Waals surface area (Å²) >= 11 is 0. The molecule has 2 aromatic carbocycles. The molecule has 0 amide bonds. The van der Waals surface area contributed by atoms with Crippen molar-refractivity contribution in [3.8, 4) is 17.0 Å². The van der Waals surface area contributed by atoms with Gasteiger partial charge in [-0.2, -0.15) is 0 Å². The fraction of sp³-hybridized carbons (Fsp3) is 0.452. The quantitative estimate of drug-likeness (QED) is 0.219. The van der Waals surface area contributed by atoms with Gasteiger partial charge in [0.15, 0.2) is 0 Å². The van der Waals surface area contributed by atoms with E-state index in [1.807, 2.05) is 0 Å². The highest BCUT2D eigenvalue weighted by Crippen LogP contribution is 2.20. The van der Waals surface area contributed by atoms with E-state index in [0.29, 0.717) is 0 Å². The van der Waals surface area contributed by atoms with E-state index in [1.165, 1.54) is 60.8 Å². The van der Waals surface area contributed by atoms with Gasteiger partial charge in [-0.1, -0.05) is 94.8 Å². The van der Waals surface area contributed by atoms with Gasteiger partial charge in [0.2, 0.25) is 0 Å². The number of unbranched alkanes of at least 4 members (excludes halogenated alkanes) is 6. The Labute approximate surface area is 201 Å². The van der Waals surface area contributed by atoms with Gasteiger partial charge in [0, 0.05) is 11.8 Å². The number of aryl methyl sites for hydroxylation is 3. The van der Waals surface area contributed by atoms with E-state index >= 15 is 0 Å². The normalized spacial score (nSPS) is 11.0. The number of pyridine rings is 1. The third-order valence-corrected chi connectivity index (χ3v) is 6.29. The second-order valence-corrected chi connectivity index (χ2v) is 9.11. The van der Waals surface area contributed by atoms with Crippen molar-refractivity contribution in [1.29, 1.82) is 0 Å². The Balaban J connectivity index is 1.43. The number of benzene rings is 2. The molecular formula is C31H41NO. The minimum absolute atomic E-state index is 0.804. The summed E-state index contributed by atoms with van der Waals surface area (Å²) in [6.07, 6.45) is 15.6. The van der Waals surface area contributed by atoms with Crippen molar-refractivity contribution < 1.29 is 4.74 Å². The van der Waals surface area contributed by atoms with Crippen LogP contribution in [0.15, 0.2) is 66.9 Å². The average Bonchev–Trinajstić information content (AvgIpc) is 2.86. The topological polar surface area (TPSA) is 22.1 Å². The molecule has 0 aliphatic heterocycles. The van der Waals surface area contributed by atoms with Crippen molar-refractivity contribution in [3.05, 3.63) is 83.6 Å². The van der Waals surface area contributed by atoms with E-state index in [2.05, 4.69) is 80.7 Å². The first kappa shape index (κ1) is 25.0. The van der Waals surface area contributed by atoms with Crippen LogP contribution in [0.1, 0.15) is 81.9 Å². The van der Waals surface area contributed by atoms with Gasteiger partial charge in [-0.25, -0.2) is 0 Å². The molecule has 0 unspecified atom stereocenters. The lowest BCUT2D eigenvalue weighted by molar-refractivity contribution is 0.309. The molecule has 0 aliphatic rings. The molecule has 2 heteroatoms. The van der Waals surface area contributed by atoms with Crippen LogP contribution in [0.3, 0.4) is 0 Å². The fourth-order valence-electron chi connectivity index (χ4n) is 4.07. The zero-order chi connectivity index (χ0) is 23.1. The van der Waals surface area contributed by atoms with Gasteiger partial charge < -0.3 is 4.74 Å². The minimum atomic E-state index is 0.804. The fourth-order valence-corrected chi connectivity index (χ4v) is 4.07. The molecule has 0 N–H and O–H groups in total. The van der Waals surface area contributed by atoms with Gasteiger partial charge >= 0.3 is 0 Å². The Hall–Kier alpha value is -2.61. The Morgan fingerprint density at radius 3 is 1.82 bits per heavy atom. The first-order chi connectivity index (χ1) is 16.3. The molecule has 0 spiro atoms. The molecule has 0 saturated heterocycles. The van der Waals surface area contributed by atoms with Crippen LogP contribution in [0.5, 0.6) is 5.75 Å². The van der Waals surface area contributed by atoms with Crippen LogP contribution in [0, 0.1) is 0 Å². The van der Waals surface area contributed by atoms with Gasteiger partial charge in [-0.15, -0.1) is 0 Å². The third-order valence-electron chi connectivity index (χ3n) is 6.29. The largest absolute Gasteiger partial charge is 0.494 e. The van der Waals surface area contributed by atoms with Crippen molar-refractivity contribution in [2.24, 2.45) is 0 Å². The van der Waals surface area contributed by atoms with Crippen LogP contribution in [0.4, 0.5) is 0 Å². The third kappa shape index (κ3) is 9.04. The maximum Gasteiger partial charge on any atom is 0.119 e. The SMILES string of the molecule is CCCCCCCCc1ccc(-c2ccc(CCc3ccc(OCCCC)cc3)cc2)nc1. The average molecular weight is 444 g/mol. The predicted molar refractivity (Wildman–Crippen MR) is 141 cm³/mol. The van der Waals surface area contributed by atoms with Gasteiger partial charge in [0.1, 0.15) is 5.75 Å². The zero-order valence-corrected chi connectivity index (χ0v) is 20.7. The Bertz CT molecular complexity index is 897. The summed E-state index contributed by atoms with van der Waals surface area (Å²) in [4.78, 5) is 4.72. The van der Waals surface area contributed by atoms with Crippen LogP contribution in [0.2, 0.25) is 0 Å². The maximum absolute atomic E-state index is 5.76. The van der Waals surface area contributed by atoms with E-state index in [9.17, 15) is 0 Å². The van der Waals surface area contributed by atoms with E-state index in [1.54, 1.807) is 0 Å². The van der Waals surface area contributed by atoms with E-state index in [4.69, 9.17) is 9.72 Å². The summed E-state index contributed by atoms with van der Waals surface area (Å²) in [5.41, 5.74) is 6.32. The highest BCUT2D eigenvalue weighted by molar-refractivity contribution is 5.59. The monoisotopic (exact) mass is 443 g/mol. The lowest BCUT2D eigenvalue weighted by atomic mass is 10.0. The van der Waals surface area contributed by atoms with E-state index in [-0.39, 0.29) is 0 Å². The van der Waals surface area contributed by atoms with Crippen molar-refractivity contribution in [3.63, 3.8) is 0 Å². The number of hydrogen-bond acceptors (Lipinski definition) is 2. The number of rotatable bonds is 15. The number of aromatic nitrogens is 1. The summed E-state index contributed by atoms with van der Waals surface area (Å²) in [5.74, 6) is 0.974. The molecule has 1 aromatic heterocycles. The van der Waals surface area contributed by atoms with Gasteiger partial charge in [-0.05, 0) is 67.0 Å². The molecular weight excluding hydrogens is 402 g/mol. The Kier molecular flexibility index (Phi) is 11.0. The smallest absolute Gasteiger partial charge is 0.119 e. The Morgan fingerprint density at radius 1 is 0.576 bits per heavy atom. The van der Waals surface area contributed by atoms with Crippen molar-refractivity contribution in [2.45, 2.75) is 84.5 Å². The van der Waals surface area contributed by atoms with Crippen LogP contribution >= 0.6 is 0 Å². The molecule has 1 heterocycles. The standard InChI is InChI=1S/C31H41NO/c1-3-5-7-8-9-10-11-28-18-23-31(32-25-28)29-19-14-26(15-20-29)12-13-27-16-21-30(22-17-27)33-24-6-4-2/h14-23,25H,3-13,24H2,1-2H3. The van der Waals surface area contributed by atoms with Crippen LogP contribution in [-0.2, 0) is 19.3 Å². The van der Waals surface area contributed by atoms with Gasteiger partial charge in [-0.3, -0.25) is 4.98 Å². The summed E-state index contributed by atoms with van der Waals surface area (Å²) in [5, 5.41) is 0. The lowest BCUT2D eigenvalue weighted by Crippen LogP contribution is -1.97. The second kappa shape index (κ2) is 14.5. The summed E-state index contributed by atoms with van der Waals surface area (Å²) in [6, 6.07) is 21.9. The van der Waals surface area contributed by atoms with Gasteiger partial charge in [0.05, 0.1) is 12.3 Å². The lowest BCUT2D eigenvalue weighted by Gasteiger charge is -2.08. The number of ether oxygens (including phenoxy) is 1. The summed E-state index contributed by atoms with van der Waals surface area (Å²) < 4.78 is 5.76. The molecule has 2 nitrogen and oxygen atoms in total. The number of nitrogens with zero attached hydrogens (tertiary/aromatic N) is 1. The molecule has 0 bridgehead atoms. The first-order valence-electron chi connectivity index (χ1n) is 13.0. The summed E-state index contributed by atoms with van der Waals surface area (Å²) in [7, 11) is 0. The number of hydrogen-bond donors (Lipinski definition) is 0. The van der Waals surface area contributed by atoms with Crippen LogP contribution in [0.25, 0.3) is 11.3 Å². The highest BCUT2D eigenvalue weighted by atomic mass is 16.5. The van der Waals surface area contributed by atoms with Crippen molar-refractivity contribution in [1.82, 2.24) is 4.98 Å². The van der Waals surface area contributed by atoms with E-state index in [0.717, 1.165) is 50.2 Å². The molecule has 33 heavy (non-hydrogen) atoms. The summed E-state index contributed by atoms with van der Waals surface area (Å²) in [6.45, 7) is 5.26.